The van der Waals surface area contributed by atoms with Gasteiger partial charge in [-0.1, -0.05) is 36.7 Å². The first-order valence-corrected chi connectivity index (χ1v) is 11.3. The molecular weight excluding hydrogens is 455 g/mol. The number of anilines is 1. The molecule has 1 aliphatic rings. The average Bonchev–Trinajstić information content (AvgIpc) is 2.79. The highest BCUT2D eigenvalue weighted by Gasteiger charge is 2.34. The highest BCUT2D eigenvalue weighted by Crippen LogP contribution is 2.36. The van der Waals surface area contributed by atoms with Crippen LogP contribution in [0.2, 0.25) is 5.02 Å². The van der Waals surface area contributed by atoms with E-state index in [2.05, 4.69) is 5.32 Å². The van der Waals surface area contributed by atoms with Gasteiger partial charge < -0.3 is 10.2 Å². The van der Waals surface area contributed by atoms with E-state index in [0.29, 0.717) is 38.0 Å². The zero-order valence-corrected chi connectivity index (χ0v) is 19.1. The number of likely N-dealkylation sites (tertiary alicyclic amines) is 1. The molecule has 0 aromatic heterocycles. The summed E-state index contributed by atoms with van der Waals surface area (Å²) in [5, 5.41) is 2.35. The van der Waals surface area contributed by atoms with Crippen molar-refractivity contribution in [2.75, 3.05) is 31.5 Å². The lowest BCUT2D eigenvalue weighted by molar-refractivity contribution is -0.137. The van der Waals surface area contributed by atoms with Crippen LogP contribution in [0.4, 0.5) is 18.9 Å². The molecule has 0 unspecified atom stereocenters. The van der Waals surface area contributed by atoms with Gasteiger partial charge >= 0.3 is 6.18 Å². The van der Waals surface area contributed by atoms with E-state index in [0.717, 1.165) is 12.5 Å². The van der Waals surface area contributed by atoms with Gasteiger partial charge in [0.2, 0.25) is 5.91 Å². The topological polar surface area (TPSA) is 52.7 Å². The van der Waals surface area contributed by atoms with Crippen LogP contribution < -0.4 is 5.32 Å². The molecule has 3 rings (SSSR count). The van der Waals surface area contributed by atoms with Crippen LogP contribution in [-0.2, 0) is 11.0 Å². The minimum Gasteiger partial charge on any atom is -0.339 e. The number of carbonyl (C=O) groups is 2. The van der Waals surface area contributed by atoms with E-state index in [4.69, 9.17) is 11.6 Å². The predicted octanol–water partition coefficient (Wildman–Crippen LogP) is 5.31. The largest absolute Gasteiger partial charge is 0.418 e. The second kappa shape index (κ2) is 11.0. The molecule has 178 valence electrons. The molecule has 0 aliphatic carbocycles. The van der Waals surface area contributed by atoms with Crippen molar-refractivity contribution in [3.8, 4) is 0 Å². The first-order chi connectivity index (χ1) is 15.7. The summed E-state index contributed by atoms with van der Waals surface area (Å²) in [6.45, 7) is 3.73. The molecule has 1 N–H and O–H groups in total. The summed E-state index contributed by atoms with van der Waals surface area (Å²) in [4.78, 5) is 29.1. The Balaban J connectivity index is 1.61. The number of hydrogen-bond acceptors (Lipinski definition) is 3. The van der Waals surface area contributed by atoms with Gasteiger partial charge in [-0.05, 0) is 56.1 Å². The molecule has 1 aliphatic heterocycles. The maximum atomic E-state index is 13.3. The van der Waals surface area contributed by atoms with Gasteiger partial charge in [0.05, 0.1) is 17.8 Å². The Morgan fingerprint density at radius 2 is 1.79 bits per heavy atom. The molecule has 1 saturated heterocycles. The Morgan fingerprint density at radius 3 is 2.39 bits per heavy atom. The number of amides is 2. The number of alkyl halides is 3. The number of nitrogens with one attached hydrogen (secondary N) is 1. The zero-order chi connectivity index (χ0) is 24.0. The van der Waals surface area contributed by atoms with E-state index in [1.165, 1.54) is 12.1 Å². The van der Waals surface area contributed by atoms with Crippen LogP contribution in [0.15, 0.2) is 48.5 Å². The molecule has 0 saturated carbocycles. The monoisotopic (exact) mass is 481 g/mol. The molecule has 2 aromatic rings. The van der Waals surface area contributed by atoms with Gasteiger partial charge in [0.25, 0.3) is 5.91 Å². The van der Waals surface area contributed by atoms with Crippen molar-refractivity contribution in [1.29, 1.82) is 0 Å². The van der Waals surface area contributed by atoms with Gasteiger partial charge in [-0.15, -0.1) is 0 Å². The minimum absolute atomic E-state index is 0.0174. The Bertz CT molecular complexity index is 961. The third-order valence-corrected chi connectivity index (χ3v) is 5.94. The summed E-state index contributed by atoms with van der Waals surface area (Å²) in [5.74, 6) is -0.532. The molecule has 2 aromatic carbocycles. The molecule has 33 heavy (non-hydrogen) atoms. The van der Waals surface area contributed by atoms with Crippen LogP contribution in [0.1, 0.15) is 42.1 Å². The normalized spacial score (nSPS) is 15.0. The van der Waals surface area contributed by atoms with Crippen molar-refractivity contribution in [1.82, 2.24) is 9.80 Å². The molecule has 0 bridgehead atoms. The van der Waals surface area contributed by atoms with Crippen molar-refractivity contribution in [2.24, 2.45) is 0 Å². The van der Waals surface area contributed by atoms with Crippen LogP contribution in [0.5, 0.6) is 0 Å². The lowest BCUT2D eigenvalue weighted by atomic mass is 10.0. The lowest BCUT2D eigenvalue weighted by Crippen LogP contribution is -2.49. The summed E-state index contributed by atoms with van der Waals surface area (Å²) in [7, 11) is 0. The van der Waals surface area contributed by atoms with Gasteiger partial charge in [0, 0.05) is 29.7 Å². The number of halogens is 4. The van der Waals surface area contributed by atoms with Crippen molar-refractivity contribution in [3.05, 3.63) is 64.7 Å². The first-order valence-electron chi connectivity index (χ1n) is 10.9. The number of hydrogen-bond donors (Lipinski definition) is 1. The quantitative estimate of drug-likeness (QED) is 0.582. The van der Waals surface area contributed by atoms with E-state index < -0.39 is 17.6 Å². The number of carbonyl (C=O) groups excluding carboxylic acids is 2. The zero-order valence-electron chi connectivity index (χ0n) is 18.4. The average molecular weight is 482 g/mol. The minimum atomic E-state index is -4.63. The molecule has 0 radical (unpaired) electrons. The molecule has 2 amide bonds. The van der Waals surface area contributed by atoms with E-state index in [-0.39, 0.29) is 29.2 Å². The second-order valence-electron chi connectivity index (χ2n) is 8.10. The van der Waals surface area contributed by atoms with Crippen molar-refractivity contribution >= 4 is 29.1 Å². The van der Waals surface area contributed by atoms with Crippen LogP contribution in [-0.4, -0.2) is 53.8 Å². The number of piperidine rings is 1. The molecule has 0 spiro atoms. The second-order valence-corrected chi connectivity index (χ2v) is 8.53. The van der Waals surface area contributed by atoms with Crippen LogP contribution >= 0.6 is 11.6 Å². The van der Waals surface area contributed by atoms with Crippen molar-refractivity contribution < 1.29 is 22.8 Å². The van der Waals surface area contributed by atoms with E-state index in [1.807, 2.05) is 30.0 Å². The number of nitrogens with zero attached hydrogens (tertiary/aromatic N) is 2. The van der Waals surface area contributed by atoms with Gasteiger partial charge in [0.15, 0.2) is 0 Å². The first kappa shape index (κ1) is 25.1. The summed E-state index contributed by atoms with van der Waals surface area (Å²) in [6.07, 6.45) is -2.44. The van der Waals surface area contributed by atoms with Gasteiger partial charge in [-0.3, -0.25) is 14.5 Å². The fourth-order valence-electron chi connectivity index (χ4n) is 4.11. The Kier molecular flexibility index (Phi) is 8.37. The van der Waals surface area contributed by atoms with E-state index in [9.17, 15) is 22.8 Å². The summed E-state index contributed by atoms with van der Waals surface area (Å²) in [6, 6.07) is 12.4. The van der Waals surface area contributed by atoms with Crippen molar-refractivity contribution in [3.63, 3.8) is 0 Å². The van der Waals surface area contributed by atoms with Crippen molar-refractivity contribution in [2.45, 2.75) is 38.4 Å². The molecular formula is C24H27ClF3N3O2. The predicted molar refractivity (Wildman–Crippen MR) is 122 cm³/mol. The third-order valence-electron chi connectivity index (χ3n) is 5.71. The standard InChI is InChI=1S/C24H27ClF3N3O2/c1-2-12-31(16-22(32)29-21-9-8-18(25)15-20(21)24(26,27)28)19-10-13-30(14-11-19)23(33)17-6-4-3-5-7-17/h3-9,15,19H,2,10-14,16H2,1H3,(H,29,32). The van der Waals surface area contributed by atoms with Gasteiger partial charge in [0.1, 0.15) is 0 Å². The highest BCUT2D eigenvalue weighted by atomic mass is 35.5. The Morgan fingerprint density at radius 1 is 1.12 bits per heavy atom. The Hall–Kier alpha value is -2.58. The number of rotatable bonds is 7. The van der Waals surface area contributed by atoms with Crippen LogP contribution in [0, 0.1) is 0 Å². The Labute approximate surface area is 196 Å². The lowest BCUT2D eigenvalue weighted by Gasteiger charge is -2.38. The molecule has 5 nitrogen and oxygen atoms in total. The molecule has 1 fully saturated rings. The third kappa shape index (κ3) is 6.71. The van der Waals surface area contributed by atoms with Crippen LogP contribution in [0.25, 0.3) is 0 Å². The summed E-state index contributed by atoms with van der Waals surface area (Å²) < 4.78 is 40.0. The number of benzene rings is 2. The summed E-state index contributed by atoms with van der Waals surface area (Å²) in [5.41, 5.74) is -0.640. The maximum absolute atomic E-state index is 13.3. The molecule has 0 atom stereocenters. The maximum Gasteiger partial charge on any atom is 0.418 e. The van der Waals surface area contributed by atoms with E-state index >= 15 is 0 Å². The summed E-state index contributed by atoms with van der Waals surface area (Å²) >= 11 is 5.71. The fraction of sp³-hybridized carbons (Fsp3) is 0.417. The SMILES string of the molecule is CCCN(CC(=O)Nc1ccc(Cl)cc1C(F)(F)F)C1CCN(C(=O)c2ccccc2)CC1. The van der Waals surface area contributed by atoms with Gasteiger partial charge in [-0.2, -0.15) is 13.2 Å². The smallest absolute Gasteiger partial charge is 0.339 e. The molecule has 9 heteroatoms. The fourth-order valence-corrected chi connectivity index (χ4v) is 4.28. The highest BCUT2D eigenvalue weighted by molar-refractivity contribution is 6.30. The molecule has 1 heterocycles. The van der Waals surface area contributed by atoms with E-state index in [1.54, 1.807) is 17.0 Å². The van der Waals surface area contributed by atoms with Crippen LogP contribution in [0.3, 0.4) is 0 Å². The van der Waals surface area contributed by atoms with Gasteiger partial charge in [-0.25, -0.2) is 0 Å².